The van der Waals surface area contributed by atoms with E-state index in [-0.39, 0.29) is 11.6 Å². The van der Waals surface area contributed by atoms with E-state index in [4.69, 9.17) is 16.8 Å². The first kappa shape index (κ1) is 12.3. The Bertz CT molecular complexity index is 352. The third-order valence-corrected chi connectivity index (χ3v) is 2.06. The van der Waals surface area contributed by atoms with Gasteiger partial charge in [0.25, 0.3) is 0 Å². The van der Waals surface area contributed by atoms with Crippen molar-refractivity contribution in [3.63, 3.8) is 0 Å². The van der Waals surface area contributed by atoms with Gasteiger partial charge in [-0.2, -0.15) is 18.2 Å². The van der Waals surface area contributed by atoms with E-state index in [1.165, 1.54) is 19.2 Å². The quantitative estimate of drug-likeness (QED) is 0.802. The zero-order valence-electron chi connectivity index (χ0n) is 7.85. The summed E-state index contributed by atoms with van der Waals surface area (Å²) < 4.78 is 36.9. The molecule has 1 N–H and O–H groups in total. The predicted molar refractivity (Wildman–Crippen MR) is 49.7 cm³/mol. The molecule has 0 aromatic heterocycles. The van der Waals surface area contributed by atoms with Crippen LogP contribution >= 0.6 is 11.6 Å². The van der Waals surface area contributed by atoms with Crippen LogP contribution in [0.4, 0.5) is 13.2 Å². The van der Waals surface area contributed by atoms with Crippen LogP contribution in [-0.2, 0) is 12.7 Å². The Kier molecular flexibility index (Phi) is 3.59. The summed E-state index contributed by atoms with van der Waals surface area (Å²) in [5, 5.41) is 9.39. The second-order valence-electron chi connectivity index (χ2n) is 3.13. The number of hydroxylamine groups is 2. The van der Waals surface area contributed by atoms with Crippen LogP contribution in [-0.4, -0.2) is 17.3 Å². The molecule has 0 saturated carbocycles. The minimum atomic E-state index is -4.44. The van der Waals surface area contributed by atoms with Gasteiger partial charge in [-0.1, -0.05) is 17.7 Å². The van der Waals surface area contributed by atoms with Gasteiger partial charge in [-0.25, -0.2) is 0 Å². The van der Waals surface area contributed by atoms with E-state index in [2.05, 4.69) is 0 Å². The van der Waals surface area contributed by atoms with E-state index in [0.717, 1.165) is 11.1 Å². The summed E-state index contributed by atoms with van der Waals surface area (Å²) in [6.07, 6.45) is -4.44. The molecule has 1 rings (SSSR count). The molecule has 2 nitrogen and oxygen atoms in total. The number of hydrogen-bond donors (Lipinski definition) is 1. The molecule has 0 aliphatic heterocycles. The number of nitrogens with zero attached hydrogens (tertiary/aromatic N) is 1. The first-order valence-electron chi connectivity index (χ1n) is 4.06. The second kappa shape index (κ2) is 4.38. The van der Waals surface area contributed by atoms with Gasteiger partial charge in [0.15, 0.2) is 0 Å². The fourth-order valence-electron chi connectivity index (χ4n) is 1.15. The van der Waals surface area contributed by atoms with Gasteiger partial charge in [0.2, 0.25) is 0 Å². The maximum atomic E-state index is 12.3. The molecule has 84 valence electrons. The fourth-order valence-corrected chi connectivity index (χ4v) is 1.46. The van der Waals surface area contributed by atoms with Crippen molar-refractivity contribution >= 4 is 11.6 Å². The van der Waals surface area contributed by atoms with E-state index in [0.29, 0.717) is 5.56 Å². The average molecular weight is 240 g/mol. The Balaban J connectivity index is 2.99. The number of alkyl halides is 3. The van der Waals surface area contributed by atoms with Crippen LogP contribution in [0.2, 0.25) is 5.02 Å². The molecule has 0 radical (unpaired) electrons. The molecule has 0 amide bonds. The molecule has 0 aliphatic rings. The van der Waals surface area contributed by atoms with Gasteiger partial charge < -0.3 is 5.21 Å². The van der Waals surface area contributed by atoms with Crippen LogP contribution in [0.5, 0.6) is 0 Å². The summed E-state index contributed by atoms with van der Waals surface area (Å²) in [7, 11) is 1.39. The average Bonchev–Trinajstić information content (AvgIpc) is 1.99. The Morgan fingerprint density at radius 2 is 2.00 bits per heavy atom. The third-order valence-electron chi connectivity index (χ3n) is 1.75. The molecule has 0 saturated heterocycles. The van der Waals surface area contributed by atoms with Crippen molar-refractivity contribution in [3.05, 3.63) is 34.3 Å². The van der Waals surface area contributed by atoms with Crippen molar-refractivity contribution in [3.8, 4) is 0 Å². The number of halogens is 4. The predicted octanol–water partition coefficient (Wildman–Crippen LogP) is 3.18. The van der Waals surface area contributed by atoms with Gasteiger partial charge in [-0.3, -0.25) is 0 Å². The molecule has 0 aliphatic carbocycles. The molecule has 0 heterocycles. The second-order valence-corrected chi connectivity index (χ2v) is 3.53. The first-order valence-corrected chi connectivity index (χ1v) is 4.44. The molecule has 6 heteroatoms. The SMILES string of the molecule is CN(O)Cc1ccc(C(F)(F)F)c(Cl)c1. The van der Waals surface area contributed by atoms with E-state index >= 15 is 0 Å². The van der Waals surface area contributed by atoms with E-state index in [1.54, 1.807) is 0 Å². The maximum Gasteiger partial charge on any atom is 0.417 e. The van der Waals surface area contributed by atoms with E-state index in [1.807, 2.05) is 0 Å². The van der Waals surface area contributed by atoms with Crippen molar-refractivity contribution < 1.29 is 18.4 Å². The summed E-state index contributed by atoms with van der Waals surface area (Å²) in [5.41, 5.74) is -0.355. The molecule has 0 spiro atoms. The van der Waals surface area contributed by atoms with Crippen LogP contribution in [0.1, 0.15) is 11.1 Å². The normalized spacial score (nSPS) is 12.2. The lowest BCUT2D eigenvalue weighted by atomic mass is 10.1. The molecule has 1 aromatic carbocycles. The largest absolute Gasteiger partial charge is 0.417 e. The minimum Gasteiger partial charge on any atom is -0.314 e. The lowest BCUT2D eigenvalue weighted by Crippen LogP contribution is -2.12. The standard InChI is InChI=1S/C9H9ClF3NO/c1-14(15)5-6-2-3-7(8(10)4-6)9(11,12)13/h2-4,15H,5H2,1H3. The molecule has 0 fully saturated rings. The van der Waals surface area contributed by atoms with Gasteiger partial charge in [0.05, 0.1) is 10.6 Å². The molecule has 0 unspecified atom stereocenters. The topological polar surface area (TPSA) is 23.5 Å². The van der Waals surface area contributed by atoms with Crippen LogP contribution in [0.3, 0.4) is 0 Å². The summed E-state index contributed by atoms with van der Waals surface area (Å²) in [6.45, 7) is 0.123. The lowest BCUT2D eigenvalue weighted by Gasteiger charge is -2.12. The van der Waals surface area contributed by atoms with E-state index in [9.17, 15) is 13.2 Å². The van der Waals surface area contributed by atoms with Gasteiger partial charge in [-0.15, -0.1) is 0 Å². The van der Waals surface area contributed by atoms with Crippen LogP contribution in [0.15, 0.2) is 18.2 Å². The van der Waals surface area contributed by atoms with Gasteiger partial charge in [0, 0.05) is 13.6 Å². The van der Waals surface area contributed by atoms with Crippen molar-refractivity contribution in [2.75, 3.05) is 7.05 Å². The molecular formula is C9H9ClF3NO. The molecule has 0 bridgehead atoms. The molecule has 1 aromatic rings. The highest BCUT2D eigenvalue weighted by Gasteiger charge is 2.32. The fraction of sp³-hybridized carbons (Fsp3) is 0.333. The summed E-state index contributed by atoms with van der Waals surface area (Å²) in [6, 6.07) is 3.37. The summed E-state index contributed by atoms with van der Waals surface area (Å²) in [5.74, 6) is 0. The van der Waals surface area contributed by atoms with Crippen LogP contribution in [0.25, 0.3) is 0 Å². The minimum absolute atomic E-state index is 0.123. The van der Waals surface area contributed by atoms with Gasteiger partial charge in [-0.05, 0) is 17.7 Å². The Labute approximate surface area is 89.8 Å². The van der Waals surface area contributed by atoms with Crippen molar-refractivity contribution in [2.45, 2.75) is 12.7 Å². The number of benzene rings is 1. The highest BCUT2D eigenvalue weighted by atomic mass is 35.5. The smallest absolute Gasteiger partial charge is 0.314 e. The number of rotatable bonds is 2. The molecular weight excluding hydrogens is 231 g/mol. The van der Waals surface area contributed by atoms with Crippen molar-refractivity contribution in [1.82, 2.24) is 5.06 Å². The highest BCUT2D eigenvalue weighted by molar-refractivity contribution is 6.31. The molecule has 0 atom stereocenters. The zero-order chi connectivity index (χ0) is 11.6. The summed E-state index contributed by atoms with van der Waals surface area (Å²) >= 11 is 5.48. The molecule has 15 heavy (non-hydrogen) atoms. The van der Waals surface area contributed by atoms with Crippen molar-refractivity contribution in [2.24, 2.45) is 0 Å². The van der Waals surface area contributed by atoms with Crippen LogP contribution in [0, 0.1) is 0 Å². The Morgan fingerprint density at radius 1 is 1.40 bits per heavy atom. The van der Waals surface area contributed by atoms with Crippen LogP contribution < -0.4 is 0 Å². The lowest BCUT2D eigenvalue weighted by molar-refractivity contribution is -0.137. The van der Waals surface area contributed by atoms with Gasteiger partial charge in [0.1, 0.15) is 0 Å². The highest BCUT2D eigenvalue weighted by Crippen LogP contribution is 2.34. The Morgan fingerprint density at radius 3 is 2.40 bits per heavy atom. The number of hydrogen-bond acceptors (Lipinski definition) is 2. The monoisotopic (exact) mass is 239 g/mol. The summed E-state index contributed by atoms with van der Waals surface area (Å²) in [4.78, 5) is 0. The van der Waals surface area contributed by atoms with Crippen molar-refractivity contribution in [1.29, 1.82) is 0 Å². The van der Waals surface area contributed by atoms with E-state index < -0.39 is 11.7 Å². The first-order chi connectivity index (χ1) is 6.80. The Hall–Kier alpha value is -0.780. The maximum absolute atomic E-state index is 12.3. The van der Waals surface area contributed by atoms with Gasteiger partial charge >= 0.3 is 6.18 Å². The third kappa shape index (κ3) is 3.37. The zero-order valence-corrected chi connectivity index (χ0v) is 8.60.